The fourth-order valence-corrected chi connectivity index (χ4v) is 3.60. The van der Waals surface area contributed by atoms with Gasteiger partial charge in [-0.05, 0) is 32.0 Å². The van der Waals surface area contributed by atoms with Crippen LogP contribution in [0.2, 0.25) is 0 Å². The lowest BCUT2D eigenvalue weighted by Crippen LogP contribution is -2.52. The standard InChI is InChI=1S/C17H28N4O/c1-18-16-4-3-15(13-17(16)22)20-7-5-14(6-8-20)21-11-9-19(2)10-12-21/h3-4,13-14,18,22H,5-12H2,1-2H3. The molecule has 2 N–H and O–H groups in total. The van der Waals surface area contributed by atoms with Crippen LogP contribution in [0.15, 0.2) is 18.2 Å². The van der Waals surface area contributed by atoms with Crippen LogP contribution in [-0.4, -0.2) is 74.3 Å². The van der Waals surface area contributed by atoms with Gasteiger partial charge in [0, 0.05) is 64.1 Å². The van der Waals surface area contributed by atoms with Gasteiger partial charge in [0.1, 0.15) is 5.75 Å². The highest BCUT2D eigenvalue weighted by atomic mass is 16.3. The Hall–Kier alpha value is -1.46. The average molecular weight is 304 g/mol. The highest BCUT2D eigenvalue weighted by molar-refractivity contribution is 5.63. The van der Waals surface area contributed by atoms with Gasteiger partial charge in [-0.1, -0.05) is 0 Å². The molecule has 0 aliphatic carbocycles. The van der Waals surface area contributed by atoms with E-state index in [0.717, 1.165) is 30.5 Å². The van der Waals surface area contributed by atoms with Crippen LogP contribution in [0.25, 0.3) is 0 Å². The van der Waals surface area contributed by atoms with Gasteiger partial charge in [-0.15, -0.1) is 0 Å². The molecule has 3 rings (SSSR count). The molecule has 5 heteroatoms. The van der Waals surface area contributed by atoms with Gasteiger partial charge in [-0.25, -0.2) is 0 Å². The second kappa shape index (κ2) is 6.75. The maximum atomic E-state index is 10.0. The van der Waals surface area contributed by atoms with E-state index in [2.05, 4.69) is 33.1 Å². The summed E-state index contributed by atoms with van der Waals surface area (Å²) in [5.41, 5.74) is 1.92. The predicted molar refractivity (Wildman–Crippen MR) is 92.0 cm³/mol. The summed E-state index contributed by atoms with van der Waals surface area (Å²) in [5.74, 6) is 0.334. The van der Waals surface area contributed by atoms with Crippen molar-refractivity contribution in [2.75, 3.05) is 63.6 Å². The molecular weight excluding hydrogens is 276 g/mol. The minimum absolute atomic E-state index is 0.334. The van der Waals surface area contributed by atoms with Gasteiger partial charge in [0.15, 0.2) is 0 Å². The number of piperidine rings is 1. The number of nitrogens with one attached hydrogen (secondary N) is 1. The number of likely N-dealkylation sites (N-methyl/N-ethyl adjacent to an activating group) is 1. The molecular formula is C17H28N4O. The van der Waals surface area contributed by atoms with Gasteiger partial charge in [-0.3, -0.25) is 4.90 Å². The molecule has 0 radical (unpaired) electrons. The quantitative estimate of drug-likeness (QED) is 0.831. The van der Waals surface area contributed by atoms with E-state index < -0.39 is 0 Å². The number of phenolic OH excluding ortho intramolecular Hbond substituents is 1. The van der Waals surface area contributed by atoms with E-state index in [0.29, 0.717) is 5.75 Å². The van der Waals surface area contributed by atoms with Crippen molar-refractivity contribution in [3.8, 4) is 5.75 Å². The first-order valence-electron chi connectivity index (χ1n) is 8.35. The zero-order valence-electron chi connectivity index (χ0n) is 13.8. The van der Waals surface area contributed by atoms with Crippen molar-refractivity contribution in [2.45, 2.75) is 18.9 Å². The number of hydrogen-bond acceptors (Lipinski definition) is 5. The highest BCUT2D eigenvalue weighted by Gasteiger charge is 2.26. The topological polar surface area (TPSA) is 42.0 Å². The smallest absolute Gasteiger partial charge is 0.140 e. The summed E-state index contributed by atoms with van der Waals surface area (Å²) in [6.45, 7) is 6.96. The van der Waals surface area contributed by atoms with Crippen LogP contribution in [0.1, 0.15) is 12.8 Å². The molecule has 22 heavy (non-hydrogen) atoms. The number of hydrogen-bond donors (Lipinski definition) is 2. The first kappa shape index (κ1) is 15.4. The molecule has 1 aromatic rings. The molecule has 122 valence electrons. The summed E-state index contributed by atoms with van der Waals surface area (Å²) < 4.78 is 0. The highest BCUT2D eigenvalue weighted by Crippen LogP contribution is 2.30. The fourth-order valence-electron chi connectivity index (χ4n) is 3.60. The van der Waals surface area contributed by atoms with E-state index in [4.69, 9.17) is 0 Å². The van der Waals surface area contributed by atoms with Gasteiger partial charge in [0.25, 0.3) is 0 Å². The second-order valence-corrected chi connectivity index (χ2v) is 6.51. The van der Waals surface area contributed by atoms with Crippen LogP contribution in [0.3, 0.4) is 0 Å². The molecule has 0 aromatic heterocycles. The molecule has 0 unspecified atom stereocenters. The van der Waals surface area contributed by atoms with Gasteiger partial charge >= 0.3 is 0 Å². The number of nitrogens with zero attached hydrogens (tertiary/aromatic N) is 3. The number of rotatable bonds is 3. The summed E-state index contributed by atoms with van der Waals surface area (Å²) in [6.07, 6.45) is 2.44. The zero-order chi connectivity index (χ0) is 15.5. The predicted octanol–water partition coefficient (Wildman–Crippen LogP) is 1.65. The molecule has 0 atom stereocenters. The average Bonchev–Trinajstić information content (AvgIpc) is 2.56. The maximum Gasteiger partial charge on any atom is 0.140 e. The van der Waals surface area contributed by atoms with Crippen molar-refractivity contribution in [3.63, 3.8) is 0 Å². The second-order valence-electron chi connectivity index (χ2n) is 6.51. The van der Waals surface area contributed by atoms with Crippen LogP contribution in [0, 0.1) is 0 Å². The Labute approximate surface area is 133 Å². The Morgan fingerprint density at radius 2 is 1.73 bits per heavy atom. The Kier molecular flexibility index (Phi) is 4.74. The molecule has 2 heterocycles. The van der Waals surface area contributed by atoms with Crippen molar-refractivity contribution >= 4 is 11.4 Å². The summed E-state index contributed by atoms with van der Waals surface area (Å²) in [5, 5.41) is 13.0. The number of phenols is 1. The Balaban J connectivity index is 1.56. The summed E-state index contributed by atoms with van der Waals surface area (Å²) in [6, 6.07) is 6.66. The van der Waals surface area contributed by atoms with Crippen LogP contribution < -0.4 is 10.2 Å². The van der Waals surface area contributed by atoms with Gasteiger partial charge in [-0.2, -0.15) is 0 Å². The Morgan fingerprint density at radius 1 is 1.05 bits per heavy atom. The third-order valence-corrected chi connectivity index (χ3v) is 5.13. The molecule has 0 saturated carbocycles. The van der Waals surface area contributed by atoms with Crippen LogP contribution >= 0.6 is 0 Å². The van der Waals surface area contributed by atoms with Gasteiger partial charge in [0.2, 0.25) is 0 Å². The number of benzene rings is 1. The lowest BCUT2D eigenvalue weighted by Gasteiger charge is -2.42. The van der Waals surface area contributed by atoms with Crippen LogP contribution in [0.5, 0.6) is 5.75 Å². The number of piperazine rings is 1. The molecule has 0 spiro atoms. The minimum Gasteiger partial charge on any atom is -0.506 e. The number of aromatic hydroxyl groups is 1. The molecule has 2 fully saturated rings. The first-order chi connectivity index (χ1) is 10.7. The molecule has 0 amide bonds. The van der Waals surface area contributed by atoms with E-state index in [1.807, 2.05) is 19.2 Å². The van der Waals surface area contributed by atoms with Gasteiger partial charge < -0.3 is 20.2 Å². The molecule has 5 nitrogen and oxygen atoms in total. The van der Waals surface area contributed by atoms with E-state index in [1.54, 1.807) is 0 Å². The molecule has 1 aromatic carbocycles. The fraction of sp³-hybridized carbons (Fsp3) is 0.647. The van der Waals surface area contributed by atoms with E-state index >= 15 is 0 Å². The van der Waals surface area contributed by atoms with Gasteiger partial charge in [0.05, 0.1) is 5.69 Å². The molecule has 2 aliphatic heterocycles. The van der Waals surface area contributed by atoms with E-state index in [-0.39, 0.29) is 0 Å². The summed E-state index contributed by atoms with van der Waals surface area (Å²) >= 11 is 0. The van der Waals surface area contributed by atoms with E-state index in [9.17, 15) is 5.11 Å². The lowest BCUT2D eigenvalue weighted by molar-refractivity contribution is 0.0982. The van der Waals surface area contributed by atoms with Crippen LogP contribution in [0.4, 0.5) is 11.4 Å². The molecule has 2 aliphatic rings. The number of anilines is 2. The zero-order valence-corrected chi connectivity index (χ0v) is 13.8. The largest absolute Gasteiger partial charge is 0.506 e. The third kappa shape index (κ3) is 3.31. The maximum absolute atomic E-state index is 10.0. The summed E-state index contributed by atoms with van der Waals surface area (Å²) in [4.78, 5) is 7.47. The first-order valence-corrected chi connectivity index (χ1v) is 8.35. The lowest BCUT2D eigenvalue weighted by atomic mass is 10.0. The van der Waals surface area contributed by atoms with Crippen molar-refractivity contribution in [3.05, 3.63) is 18.2 Å². The monoisotopic (exact) mass is 304 g/mol. The summed E-state index contributed by atoms with van der Waals surface area (Å²) in [7, 11) is 4.04. The van der Waals surface area contributed by atoms with Crippen molar-refractivity contribution in [1.82, 2.24) is 9.80 Å². The normalized spacial score (nSPS) is 22.0. The minimum atomic E-state index is 0.334. The Morgan fingerprint density at radius 3 is 2.32 bits per heavy atom. The van der Waals surface area contributed by atoms with Crippen LogP contribution in [-0.2, 0) is 0 Å². The van der Waals surface area contributed by atoms with E-state index in [1.165, 1.54) is 39.0 Å². The molecule has 2 saturated heterocycles. The third-order valence-electron chi connectivity index (χ3n) is 5.13. The van der Waals surface area contributed by atoms with Crippen molar-refractivity contribution in [1.29, 1.82) is 0 Å². The van der Waals surface area contributed by atoms with Crippen molar-refractivity contribution < 1.29 is 5.11 Å². The Bertz CT molecular complexity index is 491. The van der Waals surface area contributed by atoms with Crippen molar-refractivity contribution in [2.24, 2.45) is 0 Å². The molecule has 0 bridgehead atoms. The SMILES string of the molecule is CNc1ccc(N2CCC(N3CCN(C)CC3)CC2)cc1O.